The minimum Gasteiger partial charge on any atom is -0.481 e. The average molecular weight is 675 g/mol. The van der Waals surface area contributed by atoms with Gasteiger partial charge in [0.15, 0.2) is 12.4 Å². The summed E-state index contributed by atoms with van der Waals surface area (Å²) in [6, 6.07) is 0. The minimum absolute atomic E-state index is 0.0338. The van der Waals surface area contributed by atoms with Crippen LogP contribution in [0.15, 0.2) is 11.6 Å². The fraction of sp³-hybridized carbons (Fsp3) is 0.868. The van der Waals surface area contributed by atoms with E-state index in [2.05, 4.69) is 47.6 Å². The zero-order valence-electron chi connectivity index (χ0n) is 29.6. The van der Waals surface area contributed by atoms with E-state index in [0.29, 0.717) is 31.6 Å². The van der Waals surface area contributed by atoms with Crippen LogP contribution in [-0.4, -0.2) is 80.6 Å². The zero-order chi connectivity index (χ0) is 35.2. The topological polar surface area (TPSA) is 171 Å². The molecule has 270 valence electrons. The fourth-order valence-corrected chi connectivity index (χ4v) is 12.8. The third kappa shape index (κ3) is 5.01. The fourth-order valence-electron chi connectivity index (χ4n) is 12.8. The van der Waals surface area contributed by atoms with Gasteiger partial charge < -0.3 is 39.8 Å². The van der Waals surface area contributed by atoms with Crippen molar-refractivity contribution in [2.24, 2.45) is 50.2 Å². The average Bonchev–Trinajstić information content (AvgIpc) is 3.00. The van der Waals surface area contributed by atoms with E-state index in [1.165, 1.54) is 5.57 Å². The van der Waals surface area contributed by atoms with E-state index in [1.807, 2.05) is 0 Å². The molecule has 1 heterocycles. The molecule has 4 saturated carbocycles. The van der Waals surface area contributed by atoms with E-state index in [-0.39, 0.29) is 39.6 Å². The molecule has 1 saturated heterocycles. The summed E-state index contributed by atoms with van der Waals surface area (Å²) in [6.07, 6.45) is 4.18. The number of allylic oxidation sites excluding steroid dienone is 2. The number of carboxylic acids is 2. The lowest BCUT2D eigenvalue weighted by atomic mass is 9.32. The number of carbonyl (C=O) groups is 3. The molecule has 10 heteroatoms. The Hall–Kier alpha value is -1.85. The van der Waals surface area contributed by atoms with Gasteiger partial charge in [-0.2, -0.15) is 0 Å². The normalized spacial score (nSPS) is 49.3. The van der Waals surface area contributed by atoms with Crippen molar-refractivity contribution in [2.75, 3.05) is 0 Å². The van der Waals surface area contributed by atoms with Crippen molar-refractivity contribution in [2.45, 2.75) is 155 Å². The predicted octanol–water partition coefficient (Wildman–Crippen LogP) is 5.11. The monoisotopic (exact) mass is 674 g/mol. The Bertz CT molecular complexity index is 1340. The highest BCUT2D eigenvalue weighted by atomic mass is 16.7. The molecule has 6 rings (SSSR count). The highest BCUT2D eigenvalue weighted by Gasteiger charge is 2.70. The van der Waals surface area contributed by atoms with Gasteiger partial charge in [-0.3, -0.25) is 4.79 Å². The number of hydrogen-bond acceptors (Lipinski definition) is 8. The van der Waals surface area contributed by atoms with Crippen molar-refractivity contribution in [3.63, 3.8) is 0 Å². The molecule has 5 N–H and O–H groups in total. The molecule has 0 radical (unpaired) electrons. The van der Waals surface area contributed by atoms with Crippen LogP contribution >= 0.6 is 0 Å². The number of carboxylic acid groups (broad SMARTS) is 2. The molecule has 0 aromatic heterocycles. The van der Waals surface area contributed by atoms with Crippen molar-refractivity contribution in [3.8, 4) is 0 Å². The van der Waals surface area contributed by atoms with E-state index in [9.17, 15) is 39.9 Å². The minimum atomic E-state index is -1.77. The van der Waals surface area contributed by atoms with Crippen molar-refractivity contribution in [1.82, 2.24) is 0 Å². The molecule has 48 heavy (non-hydrogen) atoms. The third-order valence-corrected chi connectivity index (χ3v) is 15.5. The number of aliphatic carboxylic acids is 2. The van der Waals surface area contributed by atoms with Gasteiger partial charge in [-0.25, -0.2) is 4.79 Å². The number of aliphatic hydroxyl groups is 3. The second-order valence-corrected chi connectivity index (χ2v) is 18.4. The molecular formula is C38H58O10. The summed E-state index contributed by atoms with van der Waals surface area (Å²) in [7, 11) is 0. The first-order valence-electron chi connectivity index (χ1n) is 18.3. The second-order valence-electron chi connectivity index (χ2n) is 18.4. The molecule has 0 spiro atoms. The molecule has 5 fully saturated rings. The molecule has 0 aromatic rings. The Kier molecular flexibility index (Phi) is 8.88. The molecule has 5 aliphatic carbocycles. The lowest BCUT2D eigenvalue weighted by Crippen LogP contribution is -2.66. The molecule has 0 bridgehead atoms. The van der Waals surface area contributed by atoms with Gasteiger partial charge in [-0.05, 0) is 115 Å². The predicted molar refractivity (Wildman–Crippen MR) is 175 cm³/mol. The molecule has 13 atom stereocenters. The quantitative estimate of drug-likeness (QED) is 0.139. The van der Waals surface area contributed by atoms with E-state index in [0.717, 1.165) is 57.7 Å². The lowest BCUT2D eigenvalue weighted by molar-refractivity contribution is -0.324. The maximum absolute atomic E-state index is 13.1. The van der Waals surface area contributed by atoms with Crippen LogP contribution in [0.2, 0.25) is 0 Å². The first-order chi connectivity index (χ1) is 22.3. The number of aldehydes is 1. The Labute approximate surface area is 284 Å². The Morgan fingerprint density at radius 3 is 2.23 bits per heavy atom. The van der Waals surface area contributed by atoms with Crippen LogP contribution in [0.5, 0.6) is 0 Å². The molecule has 0 aromatic carbocycles. The largest absolute Gasteiger partial charge is 0.481 e. The van der Waals surface area contributed by atoms with E-state index >= 15 is 0 Å². The highest BCUT2D eigenvalue weighted by molar-refractivity contribution is 5.77. The molecular weight excluding hydrogens is 616 g/mol. The number of hydrogen-bond donors (Lipinski definition) is 5. The maximum atomic E-state index is 13.1. The summed E-state index contributed by atoms with van der Waals surface area (Å²) < 4.78 is 11.9. The van der Waals surface area contributed by atoms with Gasteiger partial charge in [0.25, 0.3) is 0 Å². The molecule has 1 aliphatic heterocycles. The zero-order valence-corrected chi connectivity index (χ0v) is 29.6. The summed E-state index contributed by atoms with van der Waals surface area (Å²) in [4.78, 5) is 36.9. The first kappa shape index (κ1) is 36.0. The van der Waals surface area contributed by atoms with Crippen LogP contribution in [-0.2, 0) is 23.9 Å². The number of fused-ring (bicyclic) bond motifs is 7. The Morgan fingerprint density at radius 2 is 1.58 bits per heavy atom. The standard InChI is InChI=1S/C38H58O10/c1-33(2)15-16-37(32(45)46)17-18-38(12-7-19-39)21(22(37)20-33)8-9-24-35(5)13-11-25(34(3,4)23(35)10-14-36(24,38)6)47-31-28(42)26(40)27(41)29(48-31)30(43)44/h8,19,22-29,31,40-42H,7,9-18,20H2,1-6H3,(H,43,44)(H,45,46)/t22-,23-,24+,25-,26-,27-,28+,29-,31+,35-,36+,37-,38+/m0/s1. The van der Waals surface area contributed by atoms with Crippen LogP contribution in [0.4, 0.5) is 0 Å². The number of ether oxygens (including phenoxy) is 2. The van der Waals surface area contributed by atoms with Gasteiger partial charge in [-0.15, -0.1) is 0 Å². The summed E-state index contributed by atoms with van der Waals surface area (Å²) in [5.41, 5.74) is -0.235. The van der Waals surface area contributed by atoms with Crippen LogP contribution in [0.25, 0.3) is 0 Å². The van der Waals surface area contributed by atoms with Crippen molar-refractivity contribution >= 4 is 18.2 Å². The highest BCUT2D eigenvalue weighted by Crippen LogP contribution is 2.77. The van der Waals surface area contributed by atoms with Crippen molar-refractivity contribution < 1.29 is 49.4 Å². The number of aliphatic hydroxyl groups excluding tert-OH is 3. The smallest absolute Gasteiger partial charge is 0.335 e. The van der Waals surface area contributed by atoms with Gasteiger partial charge in [0.1, 0.15) is 24.6 Å². The van der Waals surface area contributed by atoms with Crippen LogP contribution in [0.3, 0.4) is 0 Å². The van der Waals surface area contributed by atoms with Crippen LogP contribution in [0, 0.1) is 50.2 Å². The Morgan fingerprint density at radius 1 is 0.896 bits per heavy atom. The molecule has 10 nitrogen and oxygen atoms in total. The van der Waals surface area contributed by atoms with Gasteiger partial charge in [0, 0.05) is 6.42 Å². The van der Waals surface area contributed by atoms with E-state index in [1.54, 1.807) is 0 Å². The third-order valence-electron chi connectivity index (χ3n) is 15.5. The van der Waals surface area contributed by atoms with E-state index < -0.39 is 53.5 Å². The van der Waals surface area contributed by atoms with Gasteiger partial charge >= 0.3 is 11.9 Å². The summed E-state index contributed by atoms with van der Waals surface area (Å²) in [5.74, 6) is -1.61. The molecule has 0 unspecified atom stereocenters. The number of rotatable bonds is 7. The Balaban J connectivity index is 1.34. The maximum Gasteiger partial charge on any atom is 0.335 e. The second kappa shape index (κ2) is 11.9. The first-order valence-corrected chi connectivity index (χ1v) is 18.3. The van der Waals surface area contributed by atoms with Crippen molar-refractivity contribution in [1.29, 1.82) is 0 Å². The molecule has 6 aliphatic rings. The lowest BCUT2D eigenvalue weighted by Gasteiger charge is -2.72. The van der Waals surface area contributed by atoms with Crippen molar-refractivity contribution in [3.05, 3.63) is 11.6 Å². The van der Waals surface area contributed by atoms with Gasteiger partial charge in [0.05, 0.1) is 11.5 Å². The molecule has 0 amide bonds. The van der Waals surface area contributed by atoms with Gasteiger partial charge in [0.2, 0.25) is 0 Å². The van der Waals surface area contributed by atoms with Crippen LogP contribution < -0.4 is 0 Å². The summed E-state index contributed by atoms with van der Waals surface area (Å²) in [6.45, 7) is 13.7. The number of carbonyl (C=O) groups excluding carboxylic acids is 1. The SMILES string of the molecule is CC1(C)CC[C@]2(C(=O)O)CC[C@]3(CCC=O)C(=CC[C@@H]4[C@@]5(C)CC[C@H](O[C@@H]6O[C@H](C(=O)O)[C@@H](O)[C@H](O)[C@H]6O)C(C)(C)[C@@H]5CC[C@]43C)[C@@H]2C1. The van der Waals surface area contributed by atoms with E-state index in [4.69, 9.17) is 9.47 Å². The summed E-state index contributed by atoms with van der Waals surface area (Å²) in [5, 5.41) is 51.7. The van der Waals surface area contributed by atoms with Gasteiger partial charge in [-0.1, -0.05) is 53.2 Å². The summed E-state index contributed by atoms with van der Waals surface area (Å²) >= 11 is 0. The van der Waals surface area contributed by atoms with Crippen LogP contribution in [0.1, 0.15) is 119 Å².